The monoisotopic (exact) mass is 185 g/mol. The Labute approximate surface area is 76.7 Å². The van der Waals surface area contributed by atoms with Gasteiger partial charge < -0.3 is 10.8 Å². The van der Waals surface area contributed by atoms with Crippen LogP contribution >= 0.6 is 0 Å². The first-order valence-corrected chi connectivity index (χ1v) is 4.32. The molecule has 74 valence electrons. The zero-order valence-electron chi connectivity index (χ0n) is 7.88. The Balaban J connectivity index is 2.67. The van der Waals surface area contributed by atoms with E-state index in [1.165, 1.54) is 4.80 Å². The van der Waals surface area contributed by atoms with Crippen LogP contribution in [0.1, 0.15) is 38.2 Å². The van der Waals surface area contributed by atoms with E-state index in [2.05, 4.69) is 15.4 Å². The zero-order valence-corrected chi connectivity index (χ0v) is 7.88. The molecule has 0 aliphatic carbocycles. The van der Waals surface area contributed by atoms with Crippen LogP contribution in [0.25, 0.3) is 0 Å². The molecular formula is C7H15N5O. The first kappa shape index (κ1) is 10.1. The maximum atomic E-state index is 9.46. The van der Waals surface area contributed by atoms with Crippen molar-refractivity contribution >= 4 is 0 Å². The molecule has 0 fully saturated rings. The highest BCUT2D eigenvalue weighted by molar-refractivity contribution is 4.84. The molecule has 1 rings (SSSR count). The molecule has 0 radical (unpaired) electrons. The molecule has 6 nitrogen and oxygen atoms in total. The van der Waals surface area contributed by atoms with Crippen molar-refractivity contribution in [3.63, 3.8) is 0 Å². The molecule has 1 aromatic rings. The lowest BCUT2D eigenvalue weighted by molar-refractivity contribution is 0.159. The second-order valence-electron chi connectivity index (χ2n) is 3.15. The van der Waals surface area contributed by atoms with E-state index in [4.69, 9.17) is 5.73 Å². The van der Waals surface area contributed by atoms with Crippen molar-refractivity contribution in [2.45, 2.75) is 32.4 Å². The van der Waals surface area contributed by atoms with Crippen LogP contribution in [0.4, 0.5) is 0 Å². The smallest absolute Gasteiger partial charge is 0.203 e. The van der Waals surface area contributed by atoms with Gasteiger partial charge in [0.1, 0.15) is 6.10 Å². The fourth-order valence-electron chi connectivity index (χ4n) is 0.876. The van der Waals surface area contributed by atoms with Gasteiger partial charge in [-0.05, 0) is 32.0 Å². The van der Waals surface area contributed by atoms with Crippen molar-refractivity contribution in [2.24, 2.45) is 5.73 Å². The van der Waals surface area contributed by atoms with E-state index in [9.17, 15) is 5.11 Å². The van der Waals surface area contributed by atoms with Crippen molar-refractivity contribution in [1.29, 1.82) is 0 Å². The number of aliphatic hydroxyl groups is 1. The summed E-state index contributed by atoms with van der Waals surface area (Å²) in [6.07, 6.45) is -0.235. The number of hydrogen-bond donors (Lipinski definition) is 2. The van der Waals surface area contributed by atoms with Crippen LogP contribution in [0.3, 0.4) is 0 Å². The maximum absolute atomic E-state index is 9.46. The second kappa shape index (κ2) is 4.29. The standard InChI is InChI=1S/C7H15N5O/c1-5(2)12-10-7(9-11-12)6(13)3-4-8/h5-6,13H,3-4,8H2,1-2H3. The summed E-state index contributed by atoms with van der Waals surface area (Å²) in [6.45, 7) is 4.30. The highest BCUT2D eigenvalue weighted by atomic mass is 16.3. The molecule has 1 atom stereocenters. The summed E-state index contributed by atoms with van der Waals surface area (Å²) in [5.74, 6) is 0.346. The molecule has 6 heteroatoms. The molecule has 3 N–H and O–H groups in total. The number of tetrazole rings is 1. The fourth-order valence-corrected chi connectivity index (χ4v) is 0.876. The second-order valence-corrected chi connectivity index (χ2v) is 3.15. The number of nitrogens with zero attached hydrogens (tertiary/aromatic N) is 4. The SMILES string of the molecule is CC(C)n1nnc(C(O)CCN)n1. The minimum absolute atomic E-state index is 0.159. The molecule has 0 bridgehead atoms. The molecule has 0 aromatic carbocycles. The van der Waals surface area contributed by atoms with Crippen LogP contribution in [0, 0.1) is 0 Å². The molecule has 0 aliphatic heterocycles. The molecule has 1 aromatic heterocycles. The van der Waals surface area contributed by atoms with E-state index in [-0.39, 0.29) is 6.04 Å². The summed E-state index contributed by atoms with van der Waals surface area (Å²) >= 11 is 0. The molecular weight excluding hydrogens is 170 g/mol. The number of nitrogens with two attached hydrogens (primary N) is 1. The van der Waals surface area contributed by atoms with Crippen LogP contribution in [0.2, 0.25) is 0 Å². The van der Waals surface area contributed by atoms with Crippen molar-refractivity contribution in [2.75, 3.05) is 6.54 Å². The third kappa shape index (κ3) is 2.46. The molecule has 1 unspecified atom stereocenters. The van der Waals surface area contributed by atoms with Crippen LogP contribution in [0.5, 0.6) is 0 Å². The van der Waals surface area contributed by atoms with Crippen molar-refractivity contribution in [3.05, 3.63) is 5.82 Å². The topological polar surface area (TPSA) is 89.8 Å². The van der Waals surface area contributed by atoms with Gasteiger partial charge in [0.2, 0.25) is 5.82 Å². The molecule has 0 amide bonds. The van der Waals surface area contributed by atoms with E-state index in [0.717, 1.165) is 0 Å². The number of rotatable bonds is 4. The van der Waals surface area contributed by atoms with Crippen LogP contribution in [-0.2, 0) is 0 Å². The minimum Gasteiger partial charge on any atom is -0.385 e. The summed E-state index contributed by atoms with van der Waals surface area (Å²) < 4.78 is 0. The summed E-state index contributed by atoms with van der Waals surface area (Å²) in [5.41, 5.74) is 5.29. The van der Waals surface area contributed by atoms with Gasteiger partial charge in [0, 0.05) is 0 Å². The average Bonchev–Trinajstić information content (AvgIpc) is 2.52. The van der Waals surface area contributed by atoms with Crippen molar-refractivity contribution in [1.82, 2.24) is 20.2 Å². The predicted molar refractivity (Wildman–Crippen MR) is 46.8 cm³/mol. The fraction of sp³-hybridized carbons (Fsp3) is 0.857. The quantitative estimate of drug-likeness (QED) is 0.668. The largest absolute Gasteiger partial charge is 0.385 e. The van der Waals surface area contributed by atoms with E-state index >= 15 is 0 Å². The molecule has 0 saturated carbocycles. The summed E-state index contributed by atoms with van der Waals surface area (Å²) in [4.78, 5) is 1.47. The molecule has 0 spiro atoms. The first-order valence-electron chi connectivity index (χ1n) is 4.32. The maximum Gasteiger partial charge on any atom is 0.203 e. The van der Waals surface area contributed by atoms with Gasteiger partial charge in [0.05, 0.1) is 6.04 Å². The average molecular weight is 185 g/mol. The first-order chi connectivity index (χ1) is 6.15. The lowest BCUT2D eigenvalue weighted by atomic mass is 10.2. The number of hydrogen-bond acceptors (Lipinski definition) is 5. The van der Waals surface area contributed by atoms with Gasteiger partial charge >= 0.3 is 0 Å². The van der Waals surface area contributed by atoms with Gasteiger partial charge in [0.15, 0.2) is 0 Å². The highest BCUT2D eigenvalue weighted by Gasteiger charge is 2.13. The highest BCUT2D eigenvalue weighted by Crippen LogP contribution is 2.10. The summed E-state index contributed by atoms with van der Waals surface area (Å²) in [6, 6.07) is 0.159. The third-order valence-electron chi connectivity index (χ3n) is 1.64. The normalized spacial score (nSPS) is 13.6. The van der Waals surface area contributed by atoms with Gasteiger partial charge in [0.25, 0.3) is 0 Å². The molecule has 13 heavy (non-hydrogen) atoms. The van der Waals surface area contributed by atoms with E-state index in [1.807, 2.05) is 13.8 Å². The Hall–Kier alpha value is -1.01. The number of aromatic nitrogens is 4. The summed E-state index contributed by atoms with van der Waals surface area (Å²) in [7, 11) is 0. The summed E-state index contributed by atoms with van der Waals surface area (Å²) in [5, 5.41) is 21.0. The Morgan fingerprint density at radius 1 is 1.54 bits per heavy atom. The van der Waals surface area contributed by atoms with E-state index in [0.29, 0.717) is 18.8 Å². The zero-order chi connectivity index (χ0) is 9.84. The third-order valence-corrected chi connectivity index (χ3v) is 1.64. The Bertz CT molecular complexity index is 259. The Morgan fingerprint density at radius 2 is 2.23 bits per heavy atom. The molecule has 0 saturated heterocycles. The van der Waals surface area contributed by atoms with Gasteiger partial charge in [-0.1, -0.05) is 0 Å². The van der Waals surface area contributed by atoms with E-state index in [1.54, 1.807) is 0 Å². The Kier molecular flexibility index (Phi) is 3.32. The molecule has 0 aliphatic rings. The van der Waals surface area contributed by atoms with Crippen LogP contribution in [-0.4, -0.2) is 31.9 Å². The van der Waals surface area contributed by atoms with Crippen LogP contribution < -0.4 is 5.73 Å². The van der Waals surface area contributed by atoms with Gasteiger partial charge in [-0.25, -0.2) is 0 Å². The van der Waals surface area contributed by atoms with Crippen LogP contribution in [0.15, 0.2) is 0 Å². The van der Waals surface area contributed by atoms with E-state index < -0.39 is 6.10 Å². The van der Waals surface area contributed by atoms with Gasteiger partial charge in [-0.15, -0.1) is 10.2 Å². The predicted octanol–water partition coefficient (Wildman–Crippen LogP) is -0.364. The van der Waals surface area contributed by atoms with Crippen molar-refractivity contribution < 1.29 is 5.11 Å². The minimum atomic E-state index is -0.697. The lowest BCUT2D eigenvalue weighted by Gasteiger charge is -2.03. The van der Waals surface area contributed by atoms with Gasteiger partial charge in [-0.2, -0.15) is 4.80 Å². The van der Waals surface area contributed by atoms with Crippen molar-refractivity contribution in [3.8, 4) is 0 Å². The number of aliphatic hydroxyl groups excluding tert-OH is 1. The van der Waals surface area contributed by atoms with Gasteiger partial charge in [-0.3, -0.25) is 0 Å². The Morgan fingerprint density at radius 3 is 2.69 bits per heavy atom. The lowest BCUT2D eigenvalue weighted by Crippen LogP contribution is -2.09. The molecule has 1 heterocycles.